The Morgan fingerprint density at radius 3 is 1.68 bits per heavy atom. The van der Waals surface area contributed by atoms with Gasteiger partial charge in [-0.25, -0.2) is 9.97 Å². The molecule has 0 radical (unpaired) electrons. The minimum Gasteiger partial charge on any atom is -0.228 e. The van der Waals surface area contributed by atoms with Gasteiger partial charge in [0.15, 0.2) is 5.82 Å². The summed E-state index contributed by atoms with van der Waals surface area (Å²) in [5.74, 6) is 0.698. The van der Waals surface area contributed by atoms with E-state index < -0.39 is 0 Å². The van der Waals surface area contributed by atoms with Crippen LogP contribution in [0.25, 0.3) is 98.2 Å². The molecule has 0 N–H and O–H groups in total. The lowest BCUT2D eigenvalue weighted by Gasteiger charge is -2.14. The molecule has 0 aliphatic rings. The van der Waals surface area contributed by atoms with Crippen molar-refractivity contribution in [3.63, 3.8) is 0 Å². The van der Waals surface area contributed by atoms with Crippen molar-refractivity contribution < 1.29 is 0 Å². The number of nitrogens with zero attached hydrogens (tertiary/aromatic N) is 2. The molecular weight excluding hydrogens is 661 g/mol. The van der Waals surface area contributed by atoms with Crippen molar-refractivity contribution in [3.05, 3.63) is 194 Å². The van der Waals surface area contributed by atoms with Crippen molar-refractivity contribution in [1.82, 2.24) is 9.97 Å². The number of benzene rings is 8. The molecule has 10 rings (SSSR count). The molecule has 0 saturated heterocycles. The van der Waals surface area contributed by atoms with E-state index in [1.54, 1.807) is 0 Å². The van der Waals surface area contributed by atoms with Gasteiger partial charge in [-0.15, -0.1) is 11.3 Å². The van der Waals surface area contributed by atoms with Crippen molar-refractivity contribution >= 4 is 42.3 Å². The van der Waals surface area contributed by atoms with Crippen molar-refractivity contribution in [3.8, 4) is 67.3 Å². The average Bonchev–Trinajstić information content (AvgIpc) is 3.63. The van der Waals surface area contributed by atoms with E-state index in [1.165, 1.54) is 47.6 Å². The number of rotatable bonds is 6. The van der Waals surface area contributed by atoms with E-state index in [0.717, 1.165) is 44.8 Å². The van der Waals surface area contributed by atoms with Gasteiger partial charge in [0, 0.05) is 36.9 Å². The fraction of sp³-hybridized carbons (Fsp3) is 0. The Labute approximate surface area is 312 Å². The molecular formula is C50H32N2S. The van der Waals surface area contributed by atoms with E-state index in [1.807, 2.05) is 17.4 Å². The summed E-state index contributed by atoms with van der Waals surface area (Å²) in [5.41, 5.74) is 11.9. The largest absolute Gasteiger partial charge is 0.228 e. The average molecular weight is 693 g/mol. The third-order valence-electron chi connectivity index (χ3n) is 10.1. The van der Waals surface area contributed by atoms with E-state index in [9.17, 15) is 0 Å². The Morgan fingerprint density at radius 1 is 0.321 bits per heavy atom. The molecule has 10 aromatic rings. The van der Waals surface area contributed by atoms with Crippen molar-refractivity contribution in [2.75, 3.05) is 0 Å². The summed E-state index contributed by atoms with van der Waals surface area (Å²) < 4.78 is 2.59. The standard InChI is InChI=1S/C50H32N2S/c1-3-13-33(14-4-1)35-25-27-37(28-26-35)50-51-46(32-47(52-50)43-22-11-18-36-17-7-8-19-41(36)43)40-30-38(34-15-5-2-6-16-34)29-39(31-40)42-21-12-23-45-44-20-9-10-24-48(44)53-49(42)45/h1-32H. The van der Waals surface area contributed by atoms with Crippen LogP contribution in [-0.4, -0.2) is 9.97 Å². The van der Waals surface area contributed by atoms with Gasteiger partial charge in [-0.2, -0.15) is 0 Å². The Kier molecular flexibility index (Phi) is 7.71. The molecule has 53 heavy (non-hydrogen) atoms. The third-order valence-corrected chi connectivity index (χ3v) is 11.3. The summed E-state index contributed by atoms with van der Waals surface area (Å²) >= 11 is 1.86. The van der Waals surface area contributed by atoms with Gasteiger partial charge < -0.3 is 0 Å². The van der Waals surface area contributed by atoms with Crippen molar-refractivity contribution in [1.29, 1.82) is 0 Å². The second kappa shape index (κ2) is 13.1. The van der Waals surface area contributed by atoms with Crippen LogP contribution in [0.4, 0.5) is 0 Å². The van der Waals surface area contributed by atoms with Crippen LogP contribution in [0.15, 0.2) is 194 Å². The summed E-state index contributed by atoms with van der Waals surface area (Å²) in [6, 6.07) is 69.2. The van der Waals surface area contributed by atoms with Gasteiger partial charge in [-0.1, -0.05) is 164 Å². The second-order valence-corrected chi connectivity index (χ2v) is 14.4. The predicted octanol–water partition coefficient (Wildman–Crippen LogP) is 14.0. The lowest BCUT2D eigenvalue weighted by molar-refractivity contribution is 1.18. The van der Waals surface area contributed by atoms with Crippen molar-refractivity contribution in [2.24, 2.45) is 0 Å². The Hall–Kier alpha value is -6.68. The summed E-state index contributed by atoms with van der Waals surface area (Å²) in [6.45, 7) is 0. The highest BCUT2D eigenvalue weighted by Gasteiger charge is 2.17. The van der Waals surface area contributed by atoms with Crippen molar-refractivity contribution in [2.45, 2.75) is 0 Å². The lowest BCUT2D eigenvalue weighted by Crippen LogP contribution is -1.97. The molecule has 0 spiro atoms. The molecule has 0 bridgehead atoms. The van der Waals surface area contributed by atoms with Gasteiger partial charge in [0.2, 0.25) is 0 Å². The topological polar surface area (TPSA) is 25.8 Å². The van der Waals surface area contributed by atoms with E-state index in [4.69, 9.17) is 9.97 Å². The van der Waals surface area contributed by atoms with Gasteiger partial charge in [-0.3, -0.25) is 0 Å². The normalized spacial score (nSPS) is 11.4. The molecule has 0 atom stereocenters. The monoisotopic (exact) mass is 692 g/mol. The van der Waals surface area contributed by atoms with Crippen LogP contribution in [0, 0.1) is 0 Å². The summed E-state index contributed by atoms with van der Waals surface area (Å²) in [6.07, 6.45) is 0. The minimum atomic E-state index is 0.698. The highest BCUT2D eigenvalue weighted by Crippen LogP contribution is 2.42. The van der Waals surface area contributed by atoms with Crippen LogP contribution in [0.2, 0.25) is 0 Å². The Balaban J connectivity index is 1.20. The smallest absolute Gasteiger partial charge is 0.160 e. The van der Waals surface area contributed by atoms with Crippen LogP contribution < -0.4 is 0 Å². The number of aromatic nitrogens is 2. The first-order valence-electron chi connectivity index (χ1n) is 17.9. The van der Waals surface area contributed by atoms with Crippen LogP contribution in [-0.2, 0) is 0 Å². The SMILES string of the molecule is c1ccc(-c2ccc(-c3nc(-c4cc(-c5ccccc5)cc(-c5cccc6c5sc5ccccc56)c4)cc(-c4cccc5ccccc45)n3)cc2)cc1. The first kappa shape index (κ1) is 31.1. The van der Waals surface area contributed by atoms with E-state index in [-0.39, 0.29) is 0 Å². The highest BCUT2D eigenvalue weighted by molar-refractivity contribution is 7.26. The molecule has 0 saturated carbocycles. The number of fused-ring (bicyclic) bond motifs is 4. The second-order valence-electron chi connectivity index (χ2n) is 13.4. The zero-order valence-electron chi connectivity index (χ0n) is 28.8. The van der Waals surface area contributed by atoms with Gasteiger partial charge in [0.25, 0.3) is 0 Å². The predicted molar refractivity (Wildman–Crippen MR) is 225 cm³/mol. The van der Waals surface area contributed by atoms with E-state index >= 15 is 0 Å². The molecule has 0 unspecified atom stereocenters. The number of hydrogen-bond acceptors (Lipinski definition) is 3. The maximum atomic E-state index is 5.34. The van der Waals surface area contributed by atoms with Crippen LogP contribution >= 0.6 is 11.3 Å². The van der Waals surface area contributed by atoms with Gasteiger partial charge in [0.1, 0.15) is 0 Å². The van der Waals surface area contributed by atoms with Gasteiger partial charge in [0.05, 0.1) is 11.4 Å². The Morgan fingerprint density at radius 2 is 0.868 bits per heavy atom. The fourth-order valence-electron chi connectivity index (χ4n) is 7.46. The highest BCUT2D eigenvalue weighted by atomic mass is 32.1. The minimum absolute atomic E-state index is 0.698. The van der Waals surface area contributed by atoms with E-state index in [2.05, 4.69) is 188 Å². The van der Waals surface area contributed by atoms with Crippen LogP contribution in [0.3, 0.4) is 0 Å². The van der Waals surface area contributed by atoms with Gasteiger partial charge in [-0.05, 0) is 74.5 Å². The maximum Gasteiger partial charge on any atom is 0.160 e. The maximum absolute atomic E-state index is 5.34. The molecule has 0 fully saturated rings. The molecule has 0 aliphatic carbocycles. The zero-order valence-corrected chi connectivity index (χ0v) is 29.6. The number of hydrogen-bond donors (Lipinski definition) is 0. The fourth-order valence-corrected chi connectivity index (χ4v) is 8.69. The van der Waals surface area contributed by atoms with Crippen LogP contribution in [0.5, 0.6) is 0 Å². The van der Waals surface area contributed by atoms with Gasteiger partial charge >= 0.3 is 0 Å². The molecule has 2 heterocycles. The summed E-state index contributed by atoms with van der Waals surface area (Å²) in [5, 5.41) is 4.94. The molecule has 2 aromatic heterocycles. The quantitative estimate of drug-likeness (QED) is 0.173. The molecule has 0 amide bonds. The molecule has 0 aliphatic heterocycles. The van der Waals surface area contributed by atoms with E-state index in [0.29, 0.717) is 5.82 Å². The van der Waals surface area contributed by atoms with Crippen LogP contribution in [0.1, 0.15) is 0 Å². The Bertz CT molecular complexity index is 2920. The zero-order chi connectivity index (χ0) is 35.1. The molecule has 2 nitrogen and oxygen atoms in total. The lowest BCUT2D eigenvalue weighted by atomic mass is 9.93. The summed E-state index contributed by atoms with van der Waals surface area (Å²) in [4.78, 5) is 10.6. The first-order valence-corrected chi connectivity index (χ1v) is 18.7. The molecule has 8 aromatic carbocycles. The summed E-state index contributed by atoms with van der Waals surface area (Å²) in [7, 11) is 0. The number of thiophene rings is 1. The molecule has 248 valence electrons. The first-order chi connectivity index (χ1) is 26.2. The molecule has 3 heteroatoms. The third kappa shape index (κ3) is 5.78.